The largest absolute Gasteiger partial charge is 0.513 e. The standard InChI is InChI=1S/C28H43NO11/c1-7-10-14-35-26(31)39-23-13-12-21(17-24(23)40-27(32)36-15-11-8-2)16-22(25(30)34-6)29-18-20(5)38-28(33)37-19(4)9-3/h12-13,17,19-20,22,29H,7-11,14-16,18H2,1-6H3/t19?,20?,22-/m0/s1. The zero-order valence-corrected chi connectivity index (χ0v) is 24.3. The van der Waals surface area contributed by atoms with Crippen LogP contribution in [0, 0.1) is 0 Å². The molecule has 1 rings (SSSR count). The number of ether oxygens (including phenoxy) is 7. The quantitative estimate of drug-likeness (QED) is 0.112. The molecular weight excluding hydrogens is 526 g/mol. The minimum atomic E-state index is -0.965. The molecule has 0 spiro atoms. The minimum absolute atomic E-state index is 0.0536. The maximum Gasteiger partial charge on any atom is 0.513 e. The van der Waals surface area contributed by atoms with Crippen LogP contribution in [0.15, 0.2) is 18.2 Å². The van der Waals surface area contributed by atoms with Crippen molar-refractivity contribution < 1.29 is 52.3 Å². The summed E-state index contributed by atoms with van der Waals surface area (Å²) in [7, 11) is 1.25. The molecule has 12 heteroatoms. The van der Waals surface area contributed by atoms with Gasteiger partial charge in [0, 0.05) is 6.54 Å². The molecule has 0 fully saturated rings. The number of nitrogens with one attached hydrogen (secondary N) is 1. The molecule has 0 aliphatic carbocycles. The Kier molecular flexibility index (Phi) is 16.8. The second-order valence-corrected chi connectivity index (χ2v) is 9.09. The van der Waals surface area contributed by atoms with Gasteiger partial charge in [-0.05, 0) is 57.2 Å². The van der Waals surface area contributed by atoms with E-state index < -0.39 is 36.6 Å². The summed E-state index contributed by atoms with van der Waals surface area (Å²) in [5.41, 5.74) is 0.552. The molecule has 1 aromatic rings. The van der Waals surface area contributed by atoms with Crippen molar-refractivity contribution in [2.75, 3.05) is 26.9 Å². The average Bonchev–Trinajstić information content (AvgIpc) is 2.91. The number of hydrogen-bond acceptors (Lipinski definition) is 12. The van der Waals surface area contributed by atoms with Gasteiger partial charge in [-0.2, -0.15) is 0 Å². The number of unbranched alkanes of at least 4 members (excludes halogenated alkanes) is 2. The molecule has 0 saturated carbocycles. The highest BCUT2D eigenvalue weighted by molar-refractivity contribution is 5.76. The predicted octanol–water partition coefficient (Wildman–Crippen LogP) is 5.33. The van der Waals surface area contributed by atoms with E-state index in [1.807, 2.05) is 20.8 Å². The van der Waals surface area contributed by atoms with Crippen LogP contribution in [-0.4, -0.2) is 69.6 Å². The Morgan fingerprint density at radius 3 is 1.93 bits per heavy atom. The Morgan fingerprint density at radius 2 is 1.38 bits per heavy atom. The molecule has 0 amide bonds. The van der Waals surface area contributed by atoms with E-state index in [2.05, 4.69) is 5.32 Å². The molecule has 2 unspecified atom stereocenters. The molecule has 0 heterocycles. The lowest BCUT2D eigenvalue weighted by atomic mass is 10.0. The first-order chi connectivity index (χ1) is 19.1. The highest BCUT2D eigenvalue weighted by Crippen LogP contribution is 2.30. The fourth-order valence-electron chi connectivity index (χ4n) is 3.09. The van der Waals surface area contributed by atoms with Gasteiger partial charge in [0.25, 0.3) is 0 Å². The maximum absolute atomic E-state index is 12.5. The second kappa shape index (κ2) is 19.5. The summed E-state index contributed by atoms with van der Waals surface area (Å²) in [5, 5.41) is 3.02. The third kappa shape index (κ3) is 14.0. The topological polar surface area (TPSA) is 145 Å². The average molecular weight is 570 g/mol. The van der Waals surface area contributed by atoms with E-state index in [1.165, 1.54) is 19.2 Å². The molecule has 1 N–H and O–H groups in total. The van der Waals surface area contributed by atoms with Crippen LogP contribution in [0.4, 0.5) is 14.4 Å². The molecule has 0 aliphatic rings. The van der Waals surface area contributed by atoms with Crippen LogP contribution in [0.2, 0.25) is 0 Å². The van der Waals surface area contributed by atoms with Crippen molar-refractivity contribution >= 4 is 24.4 Å². The van der Waals surface area contributed by atoms with Crippen molar-refractivity contribution in [1.29, 1.82) is 0 Å². The van der Waals surface area contributed by atoms with Crippen molar-refractivity contribution in [1.82, 2.24) is 5.32 Å². The van der Waals surface area contributed by atoms with Gasteiger partial charge in [-0.15, -0.1) is 0 Å². The van der Waals surface area contributed by atoms with Crippen molar-refractivity contribution in [3.05, 3.63) is 23.8 Å². The van der Waals surface area contributed by atoms with Gasteiger partial charge in [0.05, 0.1) is 20.3 Å². The van der Waals surface area contributed by atoms with Gasteiger partial charge in [-0.25, -0.2) is 14.4 Å². The second-order valence-electron chi connectivity index (χ2n) is 9.09. The number of carbonyl (C=O) groups excluding carboxylic acids is 4. The number of methoxy groups -OCH3 is 1. The first-order valence-corrected chi connectivity index (χ1v) is 13.6. The van der Waals surface area contributed by atoms with E-state index in [0.29, 0.717) is 24.8 Å². The van der Waals surface area contributed by atoms with Crippen molar-refractivity contribution in [2.24, 2.45) is 0 Å². The molecule has 0 radical (unpaired) electrons. The Morgan fingerprint density at radius 1 is 0.800 bits per heavy atom. The van der Waals surface area contributed by atoms with Crippen molar-refractivity contribution in [3.63, 3.8) is 0 Å². The van der Waals surface area contributed by atoms with Crippen LogP contribution in [-0.2, 0) is 34.9 Å². The summed E-state index contributed by atoms with van der Waals surface area (Å²) < 4.78 is 35.9. The summed E-state index contributed by atoms with van der Waals surface area (Å²) in [6.45, 7) is 9.69. The van der Waals surface area contributed by atoms with Crippen LogP contribution in [0.5, 0.6) is 11.5 Å². The van der Waals surface area contributed by atoms with E-state index >= 15 is 0 Å². The third-order valence-corrected chi connectivity index (χ3v) is 5.58. The number of carbonyl (C=O) groups is 4. The normalized spacial score (nSPS) is 12.8. The van der Waals surface area contributed by atoms with E-state index in [4.69, 9.17) is 33.2 Å². The van der Waals surface area contributed by atoms with Gasteiger partial charge >= 0.3 is 24.4 Å². The Bertz CT molecular complexity index is 937. The fraction of sp³-hybridized carbons (Fsp3) is 0.643. The van der Waals surface area contributed by atoms with E-state index in [-0.39, 0.29) is 43.8 Å². The summed E-state index contributed by atoms with van der Waals surface area (Å²) in [5.74, 6) is -0.697. The minimum Gasteiger partial charge on any atom is -0.468 e. The van der Waals surface area contributed by atoms with Crippen LogP contribution >= 0.6 is 0 Å². The van der Waals surface area contributed by atoms with Gasteiger partial charge in [0.2, 0.25) is 0 Å². The Labute approximate surface area is 235 Å². The first kappa shape index (κ1) is 34.5. The molecule has 12 nitrogen and oxygen atoms in total. The Balaban J connectivity index is 2.99. The number of hydrogen-bond donors (Lipinski definition) is 1. The predicted molar refractivity (Wildman–Crippen MR) is 145 cm³/mol. The van der Waals surface area contributed by atoms with E-state index in [1.54, 1.807) is 19.9 Å². The lowest BCUT2D eigenvalue weighted by Gasteiger charge is -2.21. The molecule has 0 aliphatic heterocycles. The van der Waals surface area contributed by atoms with Gasteiger partial charge in [-0.3, -0.25) is 4.79 Å². The summed E-state index contributed by atoms with van der Waals surface area (Å²) in [6, 6.07) is 3.65. The molecule has 226 valence electrons. The number of rotatable bonds is 17. The van der Waals surface area contributed by atoms with Crippen LogP contribution in [0.1, 0.15) is 72.3 Å². The zero-order valence-electron chi connectivity index (χ0n) is 24.3. The van der Waals surface area contributed by atoms with Gasteiger partial charge in [0.15, 0.2) is 11.5 Å². The molecule has 40 heavy (non-hydrogen) atoms. The Hall–Kier alpha value is -3.54. The molecular formula is C28H43NO11. The maximum atomic E-state index is 12.5. The molecule has 0 aromatic heterocycles. The zero-order chi connectivity index (χ0) is 29.9. The van der Waals surface area contributed by atoms with E-state index in [9.17, 15) is 19.2 Å². The van der Waals surface area contributed by atoms with Gasteiger partial charge < -0.3 is 38.5 Å². The lowest BCUT2D eigenvalue weighted by molar-refractivity contribution is -0.143. The summed E-state index contributed by atoms with van der Waals surface area (Å²) in [4.78, 5) is 48.7. The van der Waals surface area contributed by atoms with Crippen LogP contribution in [0.3, 0.4) is 0 Å². The van der Waals surface area contributed by atoms with Gasteiger partial charge in [0.1, 0.15) is 18.2 Å². The summed E-state index contributed by atoms with van der Waals surface area (Å²) >= 11 is 0. The highest BCUT2D eigenvalue weighted by Gasteiger charge is 2.23. The monoisotopic (exact) mass is 569 g/mol. The fourth-order valence-corrected chi connectivity index (χ4v) is 3.09. The number of esters is 1. The highest BCUT2D eigenvalue weighted by atomic mass is 16.7. The first-order valence-electron chi connectivity index (χ1n) is 13.6. The smallest absolute Gasteiger partial charge is 0.468 e. The third-order valence-electron chi connectivity index (χ3n) is 5.58. The molecule has 1 aromatic carbocycles. The molecule has 0 saturated heterocycles. The van der Waals surface area contributed by atoms with E-state index in [0.717, 1.165) is 12.8 Å². The molecule has 0 bridgehead atoms. The van der Waals surface area contributed by atoms with Crippen LogP contribution < -0.4 is 14.8 Å². The lowest BCUT2D eigenvalue weighted by Crippen LogP contribution is -2.43. The SMILES string of the molecule is CCCCOC(=O)Oc1ccc(C[C@H](NCC(C)OC(=O)OC(C)CC)C(=O)OC)cc1OC(=O)OCCCC. The van der Waals surface area contributed by atoms with Crippen LogP contribution in [0.25, 0.3) is 0 Å². The van der Waals surface area contributed by atoms with Gasteiger partial charge in [-0.1, -0.05) is 39.7 Å². The van der Waals surface area contributed by atoms with Crippen molar-refractivity contribution in [3.8, 4) is 11.5 Å². The number of benzene rings is 1. The molecule has 3 atom stereocenters. The summed E-state index contributed by atoms with van der Waals surface area (Å²) in [6.07, 6.45) is 0.169. The van der Waals surface area contributed by atoms with Crippen molar-refractivity contribution in [2.45, 2.75) is 91.4 Å².